The molecule has 0 spiro atoms. The van der Waals surface area contributed by atoms with Gasteiger partial charge < -0.3 is 5.73 Å². The van der Waals surface area contributed by atoms with Gasteiger partial charge in [0, 0.05) is 10.8 Å². The van der Waals surface area contributed by atoms with Crippen LogP contribution in [0.2, 0.25) is 0 Å². The molecule has 0 radical (unpaired) electrons. The average molecular weight is 275 g/mol. The van der Waals surface area contributed by atoms with Gasteiger partial charge in [-0.05, 0) is 6.07 Å². The van der Waals surface area contributed by atoms with E-state index in [9.17, 15) is 4.79 Å². The zero-order chi connectivity index (χ0) is 14.0. The van der Waals surface area contributed by atoms with Crippen LogP contribution in [0.5, 0.6) is 0 Å². The molecule has 5 heteroatoms. The quantitative estimate of drug-likeness (QED) is 0.690. The van der Waals surface area contributed by atoms with E-state index in [0.717, 1.165) is 21.8 Å². The summed E-state index contributed by atoms with van der Waals surface area (Å²) in [7, 11) is 0. The van der Waals surface area contributed by atoms with Crippen molar-refractivity contribution < 1.29 is 4.79 Å². The van der Waals surface area contributed by atoms with Crippen LogP contribution in [0.3, 0.4) is 0 Å². The lowest BCUT2D eigenvalue weighted by Gasteiger charge is -2.18. The average Bonchev–Trinajstić information content (AvgIpc) is 2.34. The van der Waals surface area contributed by atoms with Crippen molar-refractivity contribution in [3.8, 4) is 0 Å². The molecule has 0 aliphatic rings. The van der Waals surface area contributed by atoms with Gasteiger partial charge in [-0.3, -0.25) is 4.79 Å². The maximum Gasteiger partial charge on any atom is 0.227 e. The Balaban J connectivity index is 2.55. The number of amides is 1. The summed E-state index contributed by atoms with van der Waals surface area (Å²) in [4.78, 5) is 20.1. The number of carbonyl (C=O) groups excluding carboxylic acids is 1. The van der Waals surface area contributed by atoms with E-state index in [-0.39, 0.29) is 17.1 Å². The number of hydrogen-bond donors (Lipinski definition) is 1. The fourth-order valence-electron chi connectivity index (χ4n) is 1.63. The summed E-state index contributed by atoms with van der Waals surface area (Å²) in [6.45, 7) is 6.21. The molecule has 19 heavy (non-hydrogen) atoms. The number of rotatable bonds is 3. The fraction of sp³-hybridized carbons (Fsp3) is 0.357. The van der Waals surface area contributed by atoms with Crippen LogP contribution in [0.15, 0.2) is 29.3 Å². The number of aromatic nitrogens is 2. The smallest absolute Gasteiger partial charge is 0.227 e. The number of primary amides is 1. The lowest BCUT2D eigenvalue weighted by molar-refractivity contribution is -0.115. The Labute approximate surface area is 116 Å². The van der Waals surface area contributed by atoms with Crippen molar-refractivity contribution in [2.75, 3.05) is 5.75 Å². The van der Waals surface area contributed by atoms with Gasteiger partial charge in [0.15, 0.2) is 0 Å². The van der Waals surface area contributed by atoms with Crippen LogP contribution in [0.4, 0.5) is 0 Å². The van der Waals surface area contributed by atoms with E-state index in [1.807, 2.05) is 24.3 Å². The third-order valence-corrected chi connectivity index (χ3v) is 3.60. The monoisotopic (exact) mass is 275 g/mol. The lowest BCUT2D eigenvalue weighted by Crippen LogP contribution is -2.17. The number of para-hydroxylation sites is 1. The Morgan fingerprint density at radius 2 is 1.95 bits per heavy atom. The molecule has 1 heterocycles. The molecule has 2 rings (SSSR count). The summed E-state index contributed by atoms with van der Waals surface area (Å²) in [5, 5.41) is 1.77. The molecular weight excluding hydrogens is 258 g/mol. The Morgan fingerprint density at radius 3 is 2.58 bits per heavy atom. The number of nitrogens with two attached hydrogens (primary N) is 1. The number of benzene rings is 1. The van der Waals surface area contributed by atoms with E-state index in [2.05, 4.69) is 30.7 Å². The Hall–Kier alpha value is -1.62. The summed E-state index contributed by atoms with van der Waals surface area (Å²) in [5.41, 5.74) is 5.97. The van der Waals surface area contributed by atoms with Gasteiger partial charge in [-0.25, -0.2) is 9.97 Å². The maximum absolute atomic E-state index is 10.9. The van der Waals surface area contributed by atoms with Gasteiger partial charge in [0.25, 0.3) is 0 Å². The second-order valence-electron chi connectivity index (χ2n) is 5.37. The first-order chi connectivity index (χ1) is 8.88. The zero-order valence-electron chi connectivity index (χ0n) is 11.3. The highest BCUT2D eigenvalue weighted by Gasteiger charge is 2.20. The van der Waals surface area contributed by atoms with Gasteiger partial charge >= 0.3 is 0 Å². The number of thioether (sulfide) groups is 1. The minimum absolute atomic E-state index is 0.133. The van der Waals surface area contributed by atoms with Crippen molar-refractivity contribution in [3.05, 3.63) is 30.1 Å². The minimum atomic E-state index is -0.343. The SMILES string of the molecule is CC(C)(C)c1nc(SCC(N)=O)c2ccccc2n1. The van der Waals surface area contributed by atoms with E-state index in [4.69, 9.17) is 5.73 Å². The number of fused-ring (bicyclic) bond motifs is 1. The highest BCUT2D eigenvalue weighted by molar-refractivity contribution is 8.00. The zero-order valence-corrected chi connectivity index (χ0v) is 12.1. The van der Waals surface area contributed by atoms with E-state index < -0.39 is 0 Å². The first-order valence-corrected chi connectivity index (χ1v) is 7.05. The topological polar surface area (TPSA) is 68.9 Å². The Morgan fingerprint density at radius 1 is 1.26 bits per heavy atom. The lowest BCUT2D eigenvalue weighted by atomic mass is 9.95. The van der Waals surface area contributed by atoms with Gasteiger partial charge in [0.05, 0.1) is 11.3 Å². The van der Waals surface area contributed by atoms with Crippen molar-refractivity contribution in [1.29, 1.82) is 0 Å². The van der Waals surface area contributed by atoms with Crippen LogP contribution in [0, 0.1) is 0 Å². The van der Waals surface area contributed by atoms with E-state index >= 15 is 0 Å². The molecule has 1 aromatic heterocycles. The molecule has 1 aromatic carbocycles. The van der Waals surface area contributed by atoms with Crippen molar-refractivity contribution >= 4 is 28.6 Å². The number of carbonyl (C=O) groups is 1. The normalized spacial score (nSPS) is 11.7. The summed E-state index contributed by atoms with van der Waals surface area (Å²) in [6.07, 6.45) is 0. The van der Waals surface area contributed by atoms with Crippen molar-refractivity contribution in [2.24, 2.45) is 5.73 Å². The third-order valence-electron chi connectivity index (χ3n) is 2.59. The molecule has 0 aliphatic carbocycles. The Kier molecular flexibility index (Phi) is 3.75. The van der Waals surface area contributed by atoms with Crippen LogP contribution >= 0.6 is 11.8 Å². The van der Waals surface area contributed by atoms with Gasteiger partial charge in [0.1, 0.15) is 10.9 Å². The molecule has 2 aromatic rings. The standard InChI is InChI=1S/C14H17N3OS/c1-14(2,3)13-16-10-7-5-4-6-9(10)12(17-13)19-8-11(15)18/h4-7H,8H2,1-3H3,(H2,15,18). The largest absolute Gasteiger partial charge is 0.369 e. The van der Waals surface area contributed by atoms with Crippen molar-refractivity contribution in [2.45, 2.75) is 31.2 Å². The fourth-order valence-corrected chi connectivity index (χ4v) is 2.39. The summed E-state index contributed by atoms with van der Waals surface area (Å²) < 4.78 is 0. The molecule has 0 bridgehead atoms. The highest BCUT2D eigenvalue weighted by atomic mass is 32.2. The molecule has 1 amide bonds. The second kappa shape index (κ2) is 5.17. The minimum Gasteiger partial charge on any atom is -0.369 e. The van der Waals surface area contributed by atoms with Crippen LogP contribution < -0.4 is 5.73 Å². The summed E-state index contributed by atoms with van der Waals surface area (Å²) in [5.74, 6) is 0.660. The number of hydrogen-bond acceptors (Lipinski definition) is 4. The van der Waals surface area contributed by atoms with Crippen LogP contribution in [0.25, 0.3) is 10.9 Å². The van der Waals surface area contributed by atoms with Crippen LogP contribution in [-0.2, 0) is 10.2 Å². The third kappa shape index (κ3) is 3.23. The van der Waals surface area contributed by atoms with E-state index in [1.165, 1.54) is 11.8 Å². The summed E-state index contributed by atoms with van der Waals surface area (Å²) in [6, 6.07) is 7.81. The van der Waals surface area contributed by atoms with Gasteiger partial charge in [-0.1, -0.05) is 50.7 Å². The van der Waals surface area contributed by atoms with Crippen LogP contribution in [-0.4, -0.2) is 21.6 Å². The van der Waals surface area contributed by atoms with Gasteiger partial charge in [-0.2, -0.15) is 0 Å². The molecule has 0 unspecified atom stereocenters. The molecule has 0 fully saturated rings. The highest BCUT2D eigenvalue weighted by Crippen LogP contribution is 2.28. The van der Waals surface area contributed by atoms with Crippen molar-refractivity contribution in [1.82, 2.24) is 9.97 Å². The molecule has 0 atom stereocenters. The molecule has 2 N–H and O–H groups in total. The van der Waals surface area contributed by atoms with Gasteiger partial charge in [0.2, 0.25) is 5.91 Å². The molecule has 100 valence electrons. The molecule has 0 saturated heterocycles. The first-order valence-electron chi connectivity index (χ1n) is 6.06. The van der Waals surface area contributed by atoms with E-state index in [0.29, 0.717) is 0 Å². The van der Waals surface area contributed by atoms with Gasteiger partial charge in [-0.15, -0.1) is 0 Å². The first kappa shape index (κ1) is 13.8. The van der Waals surface area contributed by atoms with Crippen LogP contribution in [0.1, 0.15) is 26.6 Å². The molecule has 0 saturated carbocycles. The maximum atomic E-state index is 10.9. The molecular formula is C14H17N3OS. The predicted octanol–water partition coefficient (Wildman–Crippen LogP) is 2.50. The molecule has 4 nitrogen and oxygen atoms in total. The molecule has 0 aliphatic heterocycles. The Bertz CT molecular complexity index is 620. The summed E-state index contributed by atoms with van der Waals surface area (Å²) >= 11 is 1.36. The van der Waals surface area contributed by atoms with Crippen molar-refractivity contribution in [3.63, 3.8) is 0 Å². The van der Waals surface area contributed by atoms with E-state index in [1.54, 1.807) is 0 Å². The second-order valence-corrected chi connectivity index (χ2v) is 6.34. The number of nitrogens with zero attached hydrogens (tertiary/aromatic N) is 2. The predicted molar refractivity (Wildman–Crippen MR) is 78.2 cm³/mol.